The number of aliphatic hydroxyl groups is 1. The monoisotopic (exact) mass is 128 g/mol. The summed E-state index contributed by atoms with van der Waals surface area (Å²) in [5, 5.41) is 9.32. The molecule has 52 valence electrons. The molecule has 2 heteroatoms. The second-order valence-corrected chi connectivity index (χ2v) is 3.11. The summed E-state index contributed by atoms with van der Waals surface area (Å²) in [5.41, 5.74) is 0. The summed E-state index contributed by atoms with van der Waals surface area (Å²) >= 11 is 0. The quantitative estimate of drug-likeness (QED) is 0.512. The molecule has 3 atom stereocenters. The third-order valence-electron chi connectivity index (χ3n) is 2.58. The van der Waals surface area contributed by atoms with Crippen molar-refractivity contribution in [1.29, 1.82) is 0 Å². The van der Waals surface area contributed by atoms with Crippen molar-refractivity contribution in [2.45, 2.75) is 18.9 Å². The Bertz CT molecular complexity index is 113. The molecule has 0 radical (unpaired) electrons. The highest BCUT2D eigenvalue weighted by Crippen LogP contribution is 2.36. The van der Waals surface area contributed by atoms with Crippen molar-refractivity contribution in [3.63, 3.8) is 0 Å². The average Bonchev–Trinajstić information content (AvgIpc) is 2.35. The summed E-state index contributed by atoms with van der Waals surface area (Å²) in [6.07, 6.45) is 2.11. The molecule has 0 bridgehead atoms. The van der Waals surface area contributed by atoms with E-state index in [1.165, 1.54) is 6.42 Å². The Balaban J connectivity index is 2.07. The number of hydrogen-bond donors (Lipinski definition) is 1. The van der Waals surface area contributed by atoms with Gasteiger partial charge in [-0.1, -0.05) is 0 Å². The summed E-state index contributed by atoms with van der Waals surface area (Å²) in [6, 6.07) is 0. The van der Waals surface area contributed by atoms with Crippen molar-refractivity contribution in [2.75, 3.05) is 13.2 Å². The Hall–Kier alpha value is -0.0800. The van der Waals surface area contributed by atoms with Crippen LogP contribution in [0.15, 0.2) is 0 Å². The van der Waals surface area contributed by atoms with Gasteiger partial charge in [0.05, 0.1) is 12.7 Å². The van der Waals surface area contributed by atoms with E-state index in [9.17, 15) is 5.11 Å². The van der Waals surface area contributed by atoms with Crippen molar-refractivity contribution >= 4 is 0 Å². The van der Waals surface area contributed by atoms with Crippen LogP contribution in [0.1, 0.15) is 12.8 Å². The SMILES string of the molecule is OC1CCC2COCC12. The zero-order chi connectivity index (χ0) is 6.27. The largest absolute Gasteiger partial charge is 0.393 e. The van der Waals surface area contributed by atoms with Crippen LogP contribution in [-0.4, -0.2) is 24.4 Å². The Labute approximate surface area is 54.8 Å². The van der Waals surface area contributed by atoms with Crippen LogP contribution in [-0.2, 0) is 4.74 Å². The third kappa shape index (κ3) is 0.775. The van der Waals surface area contributed by atoms with Crippen LogP contribution in [0, 0.1) is 11.8 Å². The van der Waals surface area contributed by atoms with E-state index in [1.807, 2.05) is 0 Å². The molecule has 2 aliphatic rings. The molecule has 9 heavy (non-hydrogen) atoms. The summed E-state index contributed by atoms with van der Waals surface area (Å²) in [7, 11) is 0. The lowest BCUT2D eigenvalue weighted by Crippen LogP contribution is -2.17. The average molecular weight is 128 g/mol. The Kier molecular flexibility index (Phi) is 1.24. The van der Waals surface area contributed by atoms with Gasteiger partial charge in [-0.05, 0) is 18.8 Å². The van der Waals surface area contributed by atoms with Crippen LogP contribution in [0.25, 0.3) is 0 Å². The zero-order valence-corrected chi connectivity index (χ0v) is 5.42. The van der Waals surface area contributed by atoms with E-state index in [1.54, 1.807) is 0 Å². The van der Waals surface area contributed by atoms with Crippen LogP contribution >= 0.6 is 0 Å². The highest BCUT2D eigenvalue weighted by Gasteiger charge is 2.38. The van der Waals surface area contributed by atoms with Crippen molar-refractivity contribution in [2.24, 2.45) is 11.8 Å². The minimum Gasteiger partial charge on any atom is -0.393 e. The minimum absolute atomic E-state index is 0.0579. The van der Waals surface area contributed by atoms with Gasteiger partial charge in [0, 0.05) is 12.5 Å². The molecule has 2 fully saturated rings. The molecule has 3 unspecified atom stereocenters. The number of fused-ring (bicyclic) bond motifs is 1. The normalized spacial score (nSPS) is 49.7. The Morgan fingerprint density at radius 1 is 1.22 bits per heavy atom. The molecule has 0 aromatic rings. The van der Waals surface area contributed by atoms with Crippen LogP contribution in [0.2, 0.25) is 0 Å². The van der Waals surface area contributed by atoms with Gasteiger partial charge in [-0.3, -0.25) is 0 Å². The third-order valence-corrected chi connectivity index (χ3v) is 2.58. The minimum atomic E-state index is -0.0579. The summed E-state index contributed by atoms with van der Waals surface area (Å²) in [6.45, 7) is 1.69. The predicted molar refractivity (Wildman–Crippen MR) is 33.0 cm³/mol. The Morgan fingerprint density at radius 3 is 2.89 bits per heavy atom. The van der Waals surface area contributed by atoms with Crippen molar-refractivity contribution < 1.29 is 9.84 Å². The van der Waals surface area contributed by atoms with E-state index in [4.69, 9.17) is 4.74 Å². The van der Waals surface area contributed by atoms with Gasteiger partial charge in [0.15, 0.2) is 0 Å². The maximum atomic E-state index is 9.32. The van der Waals surface area contributed by atoms with Gasteiger partial charge in [-0.15, -0.1) is 0 Å². The molecular formula is C7H12O2. The molecule has 1 aliphatic carbocycles. The molecule has 1 heterocycles. The zero-order valence-electron chi connectivity index (χ0n) is 5.42. The van der Waals surface area contributed by atoms with E-state index in [0.717, 1.165) is 19.6 Å². The van der Waals surface area contributed by atoms with Gasteiger partial charge in [0.25, 0.3) is 0 Å². The lowest BCUT2D eigenvalue weighted by Gasteiger charge is -2.08. The molecule has 0 amide bonds. The fourth-order valence-electron chi connectivity index (χ4n) is 1.94. The van der Waals surface area contributed by atoms with Crippen molar-refractivity contribution in [3.05, 3.63) is 0 Å². The molecule has 1 N–H and O–H groups in total. The van der Waals surface area contributed by atoms with E-state index < -0.39 is 0 Å². The standard InChI is InChI=1S/C7H12O2/c8-7-2-1-5-3-9-4-6(5)7/h5-8H,1-4H2. The lowest BCUT2D eigenvalue weighted by molar-refractivity contribution is 0.0996. The van der Waals surface area contributed by atoms with Gasteiger partial charge < -0.3 is 9.84 Å². The molecule has 1 aliphatic heterocycles. The first-order chi connectivity index (χ1) is 4.38. The topological polar surface area (TPSA) is 29.5 Å². The molecule has 2 nitrogen and oxygen atoms in total. The van der Waals surface area contributed by atoms with E-state index in [2.05, 4.69) is 0 Å². The Morgan fingerprint density at radius 2 is 2.11 bits per heavy atom. The van der Waals surface area contributed by atoms with Crippen molar-refractivity contribution in [1.82, 2.24) is 0 Å². The predicted octanol–water partition coefficient (Wildman–Crippen LogP) is 0.404. The maximum absolute atomic E-state index is 9.32. The molecule has 0 aromatic heterocycles. The second-order valence-electron chi connectivity index (χ2n) is 3.11. The van der Waals surface area contributed by atoms with Crippen LogP contribution in [0.5, 0.6) is 0 Å². The van der Waals surface area contributed by atoms with Gasteiger partial charge in [-0.25, -0.2) is 0 Å². The first-order valence-corrected chi connectivity index (χ1v) is 3.64. The van der Waals surface area contributed by atoms with Crippen LogP contribution in [0.3, 0.4) is 0 Å². The van der Waals surface area contributed by atoms with Crippen LogP contribution < -0.4 is 0 Å². The first-order valence-electron chi connectivity index (χ1n) is 3.64. The summed E-state index contributed by atoms with van der Waals surface area (Å²) in [4.78, 5) is 0. The summed E-state index contributed by atoms with van der Waals surface area (Å²) < 4.78 is 5.22. The molecular weight excluding hydrogens is 116 g/mol. The molecule has 1 saturated heterocycles. The molecule has 0 spiro atoms. The second kappa shape index (κ2) is 1.96. The fraction of sp³-hybridized carbons (Fsp3) is 1.00. The van der Waals surface area contributed by atoms with Gasteiger partial charge in [0.2, 0.25) is 0 Å². The number of hydrogen-bond acceptors (Lipinski definition) is 2. The number of rotatable bonds is 0. The van der Waals surface area contributed by atoms with Gasteiger partial charge in [-0.2, -0.15) is 0 Å². The fourth-order valence-corrected chi connectivity index (χ4v) is 1.94. The molecule has 0 aromatic carbocycles. The first kappa shape index (κ1) is 5.69. The summed E-state index contributed by atoms with van der Waals surface area (Å²) in [5.74, 6) is 1.16. The highest BCUT2D eigenvalue weighted by molar-refractivity contribution is 4.87. The highest BCUT2D eigenvalue weighted by atomic mass is 16.5. The molecule has 2 rings (SSSR count). The smallest absolute Gasteiger partial charge is 0.0594 e. The van der Waals surface area contributed by atoms with E-state index >= 15 is 0 Å². The van der Waals surface area contributed by atoms with Crippen molar-refractivity contribution in [3.8, 4) is 0 Å². The maximum Gasteiger partial charge on any atom is 0.0594 e. The van der Waals surface area contributed by atoms with E-state index in [-0.39, 0.29) is 6.10 Å². The van der Waals surface area contributed by atoms with Gasteiger partial charge >= 0.3 is 0 Å². The molecule has 1 saturated carbocycles. The number of ether oxygens (including phenoxy) is 1. The number of aliphatic hydroxyl groups excluding tert-OH is 1. The van der Waals surface area contributed by atoms with Crippen LogP contribution in [0.4, 0.5) is 0 Å². The van der Waals surface area contributed by atoms with Gasteiger partial charge in [0.1, 0.15) is 0 Å². The van der Waals surface area contributed by atoms with E-state index in [0.29, 0.717) is 11.8 Å². The lowest BCUT2D eigenvalue weighted by atomic mass is 10.00.